The van der Waals surface area contributed by atoms with Crippen molar-refractivity contribution in [3.63, 3.8) is 0 Å². The molecule has 142 valence electrons. The fourth-order valence-corrected chi connectivity index (χ4v) is 3.07. The number of benzene rings is 1. The van der Waals surface area contributed by atoms with Crippen molar-refractivity contribution in [2.75, 3.05) is 0 Å². The van der Waals surface area contributed by atoms with E-state index in [0.29, 0.717) is 0 Å². The largest absolute Gasteiger partial charge is 0.465 e. The van der Waals surface area contributed by atoms with Gasteiger partial charge in [-0.15, -0.1) is 0 Å². The maximum absolute atomic E-state index is 5.90. The summed E-state index contributed by atoms with van der Waals surface area (Å²) < 4.78 is 5.90. The van der Waals surface area contributed by atoms with Gasteiger partial charge in [0.15, 0.2) is 0 Å². The lowest BCUT2D eigenvalue weighted by Crippen LogP contribution is -1.95. The summed E-state index contributed by atoms with van der Waals surface area (Å²) in [5.74, 6) is 1.89. The highest BCUT2D eigenvalue weighted by Crippen LogP contribution is 2.22. The topological polar surface area (TPSA) is 9.23 Å². The normalized spacial score (nSPS) is 12.6. The average Bonchev–Trinajstić information content (AvgIpc) is 2.64. The van der Waals surface area contributed by atoms with E-state index in [9.17, 15) is 0 Å². The third-order valence-corrected chi connectivity index (χ3v) is 5.08. The molecule has 0 aliphatic heterocycles. The van der Waals surface area contributed by atoms with E-state index in [2.05, 4.69) is 51.1 Å². The van der Waals surface area contributed by atoms with Gasteiger partial charge in [0.05, 0.1) is 6.26 Å². The van der Waals surface area contributed by atoms with Crippen LogP contribution < -0.4 is 4.74 Å². The second-order valence-electron chi connectivity index (χ2n) is 7.41. The molecule has 1 heteroatoms. The van der Waals surface area contributed by atoms with Crippen molar-refractivity contribution in [3.05, 3.63) is 42.2 Å². The van der Waals surface area contributed by atoms with Gasteiger partial charge in [0.2, 0.25) is 0 Å². The summed E-state index contributed by atoms with van der Waals surface area (Å²) in [6, 6.07) is 8.50. The lowest BCUT2D eigenvalue weighted by molar-refractivity contribution is 0.463. The third-order valence-electron chi connectivity index (χ3n) is 5.08. The molecule has 0 saturated carbocycles. The molecule has 0 spiro atoms. The Labute approximate surface area is 156 Å². The number of rotatable bonds is 15. The molecule has 1 atom stereocenters. The highest BCUT2D eigenvalue weighted by Gasteiger charge is 2.03. The Hall–Kier alpha value is -1.24. The predicted molar refractivity (Wildman–Crippen MR) is 111 cm³/mol. The van der Waals surface area contributed by atoms with Crippen molar-refractivity contribution in [3.8, 4) is 5.75 Å². The number of ether oxygens (including phenoxy) is 1. The maximum atomic E-state index is 5.90. The lowest BCUT2D eigenvalue weighted by atomic mass is 9.99. The number of hydrogen-bond donors (Lipinski definition) is 0. The van der Waals surface area contributed by atoms with Gasteiger partial charge in [0, 0.05) is 0 Å². The first-order valence-electron chi connectivity index (χ1n) is 10.7. The van der Waals surface area contributed by atoms with Gasteiger partial charge in [-0.1, -0.05) is 90.3 Å². The Morgan fingerprint density at radius 2 is 1.68 bits per heavy atom. The van der Waals surface area contributed by atoms with Gasteiger partial charge in [-0.3, -0.25) is 0 Å². The number of allylic oxidation sites excluding steroid dienone is 1. The Morgan fingerprint density at radius 1 is 0.920 bits per heavy atom. The molecular formula is C24H40O. The first-order valence-corrected chi connectivity index (χ1v) is 10.7. The van der Waals surface area contributed by atoms with E-state index in [0.717, 1.165) is 24.5 Å². The van der Waals surface area contributed by atoms with E-state index in [-0.39, 0.29) is 0 Å². The molecule has 0 amide bonds. The summed E-state index contributed by atoms with van der Waals surface area (Å²) >= 11 is 0. The minimum absolute atomic E-state index is 0.858. The molecule has 25 heavy (non-hydrogen) atoms. The van der Waals surface area contributed by atoms with Crippen LogP contribution in [0.4, 0.5) is 0 Å². The molecule has 1 aromatic carbocycles. The lowest BCUT2D eigenvalue weighted by Gasteiger charge is -2.10. The van der Waals surface area contributed by atoms with Gasteiger partial charge in [-0.25, -0.2) is 0 Å². The van der Waals surface area contributed by atoms with Crippen molar-refractivity contribution in [1.29, 1.82) is 0 Å². The van der Waals surface area contributed by atoms with Gasteiger partial charge < -0.3 is 4.74 Å². The van der Waals surface area contributed by atoms with Gasteiger partial charge >= 0.3 is 0 Å². The summed E-state index contributed by atoms with van der Waals surface area (Å²) in [6.45, 7) is 6.90. The molecule has 1 aromatic rings. The molecule has 0 aliphatic carbocycles. The van der Waals surface area contributed by atoms with Gasteiger partial charge in [-0.2, -0.15) is 0 Å². The smallest absolute Gasteiger partial charge is 0.129 e. The van der Waals surface area contributed by atoms with E-state index >= 15 is 0 Å². The zero-order valence-electron chi connectivity index (χ0n) is 16.9. The Bertz CT molecular complexity index is 449. The maximum Gasteiger partial charge on any atom is 0.129 e. The van der Waals surface area contributed by atoms with Crippen molar-refractivity contribution in [2.45, 2.75) is 97.8 Å². The molecule has 1 rings (SSSR count). The van der Waals surface area contributed by atoms with Crippen LogP contribution in [0.2, 0.25) is 0 Å². The molecule has 0 saturated heterocycles. The fourth-order valence-electron chi connectivity index (χ4n) is 3.07. The first kappa shape index (κ1) is 21.8. The summed E-state index contributed by atoms with van der Waals surface area (Å²) in [5, 5.41) is 0. The van der Waals surface area contributed by atoms with E-state index in [1.165, 1.54) is 69.8 Å². The molecule has 1 unspecified atom stereocenters. The van der Waals surface area contributed by atoms with Crippen LogP contribution in [0.1, 0.15) is 97.0 Å². The highest BCUT2D eigenvalue weighted by molar-refractivity contribution is 5.33. The second-order valence-corrected chi connectivity index (χ2v) is 7.41. The van der Waals surface area contributed by atoms with E-state index < -0.39 is 0 Å². The van der Waals surface area contributed by atoms with E-state index in [1.54, 1.807) is 0 Å². The first-order chi connectivity index (χ1) is 12.3. The number of hydrogen-bond acceptors (Lipinski definition) is 1. The predicted octanol–water partition coefficient (Wildman–Crippen LogP) is 8.09. The van der Waals surface area contributed by atoms with Gasteiger partial charge in [-0.05, 0) is 49.3 Å². The van der Waals surface area contributed by atoms with Crippen LogP contribution in [0, 0.1) is 5.92 Å². The number of aryl methyl sites for hydroxylation is 1. The van der Waals surface area contributed by atoms with E-state index in [4.69, 9.17) is 4.74 Å². The molecule has 0 aliphatic rings. The van der Waals surface area contributed by atoms with Crippen LogP contribution in [0.25, 0.3) is 0 Å². The summed E-state index contributed by atoms with van der Waals surface area (Å²) in [6.07, 6.45) is 19.6. The van der Waals surface area contributed by atoms with Crippen LogP contribution in [0.3, 0.4) is 0 Å². The SMILES string of the molecule is CCCCCCCCC=COc1ccccc1CCCCC(C)CC. The van der Waals surface area contributed by atoms with Gasteiger partial charge in [0.1, 0.15) is 5.75 Å². The summed E-state index contributed by atoms with van der Waals surface area (Å²) in [4.78, 5) is 0. The number of unbranched alkanes of at least 4 members (excludes halogenated alkanes) is 7. The van der Waals surface area contributed by atoms with Crippen molar-refractivity contribution in [2.24, 2.45) is 5.92 Å². The van der Waals surface area contributed by atoms with Gasteiger partial charge in [0.25, 0.3) is 0 Å². The summed E-state index contributed by atoms with van der Waals surface area (Å²) in [7, 11) is 0. The molecule has 0 aromatic heterocycles. The monoisotopic (exact) mass is 344 g/mol. The van der Waals surface area contributed by atoms with Crippen molar-refractivity contribution in [1.82, 2.24) is 0 Å². The van der Waals surface area contributed by atoms with Crippen LogP contribution in [0.5, 0.6) is 5.75 Å². The van der Waals surface area contributed by atoms with Crippen LogP contribution in [-0.2, 0) is 6.42 Å². The minimum atomic E-state index is 0.858. The van der Waals surface area contributed by atoms with Crippen molar-refractivity contribution >= 4 is 0 Å². The van der Waals surface area contributed by atoms with Crippen molar-refractivity contribution < 1.29 is 4.74 Å². The molecule has 1 nitrogen and oxygen atoms in total. The Morgan fingerprint density at radius 3 is 2.48 bits per heavy atom. The molecule has 0 radical (unpaired) electrons. The molecule has 0 bridgehead atoms. The van der Waals surface area contributed by atoms with E-state index in [1.807, 2.05) is 6.26 Å². The Kier molecular flexibility index (Phi) is 13.1. The minimum Gasteiger partial charge on any atom is -0.465 e. The quantitative estimate of drug-likeness (QED) is 0.231. The summed E-state index contributed by atoms with van der Waals surface area (Å²) in [5.41, 5.74) is 1.34. The molecule has 0 N–H and O–H groups in total. The fraction of sp³-hybridized carbons (Fsp3) is 0.667. The third kappa shape index (κ3) is 11.1. The molecule has 0 heterocycles. The zero-order chi connectivity index (χ0) is 18.2. The number of para-hydroxylation sites is 1. The molecule has 0 fully saturated rings. The average molecular weight is 345 g/mol. The highest BCUT2D eigenvalue weighted by atomic mass is 16.5. The van der Waals surface area contributed by atoms with Crippen LogP contribution in [0.15, 0.2) is 36.6 Å². The zero-order valence-corrected chi connectivity index (χ0v) is 16.9. The Balaban J connectivity index is 2.23. The van der Waals surface area contributed by atoms with Crippen LogP contribution >= 0.6 is 0 Å². The second kappa shape index (κ2) is 15.0. The van der Waals surface area contributed by atoms with Crippen LogP contribution in [-0.4, -0.2) is 0 Å². The molecular weight excluding hydrogens is 304 g/mol. The standard InChI is InChI=1S/C24H40O/c1-4-6-7-8-9-10-11-16-21-25-24-20-15-14-19-23(24)18-13-12-17-22(3)5-2/h14-16,19-22H,4-13,17-18H2,1-3H3.